The summed E-state index contributed by atoms with van der Waals surface area (Å²) in [5, 5.41) is 2.92. The lowest BCUT2D eigenvalue weighted by atomic mass is 10.1. The molecule has 0 aliphatic carbocycles. The minimum absolute atomic E-state index is 0.122. The zero-order chi connectivity index (χ0) is 12.0. The van der Waals surface area contributed by atoms with Gasteiger partial charge in [-0.1, -0.05) is 18.2 Å². The molecule has 4 nitrogen and oxygen atoms in total. The number of aryl methyl sites for hydroxylation is 1. The molecule has 0 fully saturated rings. The highest BCUT2D eigenvalue weighted by atomic mass is 16.2. The highest BCUT2D eigenvalue weighted by Gasteiger charge is 2.22. The van der Waals surface area contributed by atoms with Crippen molar-refractivity contribution in [2.45, 2.75) is 20.3 Å². The van der Waals surface area contributed by atoms with E-state index < -0.39 is 0 Å². The molecule has 2 heterocycles. The van der Waals surface area contributed by atoms with Crippen molar-refractivity contribution in [3.05, 3.63) is 47.0 Å². The monoisotopic (exact) mass is 227 g/mol. The second kappa shape index (κ2) is 3.45. The molecule has 1 aromatic carbocycles. The second-order valence-corrected chi connectivity index (χ2v) is 4.30. The van der Waals surface area contributed by atoms with E-state index in [0.717, 1.165) is 28.5 Å². The number of anilines is 1. The first kappa shape index (κ1) is 10.1. The zero-order valence-corrected chi connectivity index (χ0v) is 9.82. The third kappa shape index (κ3) is 1.45. The summed E-state index contributed by atoms with van der Waals surface area (Å²) in [6, 6.07) is 7.71. The van der Waals surface area contributed by atoms with Gasteiger partial charge in [-0.3, -0.25) is 4.57 Å². The molecule has 17 heavy (non-hydrogen) atoms. The molecule has 1 aliphatic heterocycles. The normalized spacial score (nSPS) is 13.6. The Morgan fingerprint density at radius 3 is 2.88 bits per heavy atom. The number of hydrogen-bond donors (Lipinski definition) is 1. The molecule has 0 radical (unpaired) electrons. The summed E-state index contributed by atoms with van der Waals surface area (Å²) in [6.07, 6.45) is 0.684. The van der Waals surface area contributed by atoms with Gasteiger partial charge in [0.2, 0.25) is 0 Å². The first-order valence-corrected chi connectivity index (χ1v) is 5.61. The Bertz CT molecular complexity index is 613. The van der Waals surface area contributed by atoms with E-state index >= 15 is 0 Å². The van der Waals surface area contributed by atoms with Gasteiger partial charge in [-0.15, -0.1) is 0 Å². The fraction of sp³-hybridized carbons (Fsp3) is 0.231. The van der Waals surface area contributed by atoms with Gasteiger partial charge in [0.25, 0.3) is 0 Å². The number of rotatable bonds is 0. The Kier molecular flexibility index (Phi) is 2.04. The van der Waals surface area contributed by atoms with Crippen LogP contribution < -0.4 is 5.32 Å². The van der Waals surface area contributed by atoms with Crippen molar-refractivity contribution in [2.24, 2.45) is 0 Å². The van der Waals surface area contributed by atoms with E-state index in [2.05, 4.69) is 10.3 Å². The largest absolute Gasteiger partial charge is 0.331 e. The highest BCUT2D eigenvalue weighted by Crippen LogP contribution is 2.24. The van der Waals surface area contributed by atoms with Crippen LogP contribution in [0.4, 0.5) is 10.5 Å². The summed E-state index contributed by atoms with van der Waals surface area (Å²) in [7, 11) is 0. The van der Waals surface area contributed by atoms with Crippen molar-refractivity contribution < 1.29 is 4.79 Å². The van der Waals surface area contributed by atoms with Gasteiger partial charge in [-0.25, -0.2) is 9.78 Å². The van der Waals surface area contributed by atoms with Gasteiger partial charge in [0, 0.05) is 17.8 Å². The van der Waals surface area contributed by atoms with Crippen LogP contribution in [0, 0.1) is 13.8 Å². The Morgan fingerprint density at radius 1 is 1.29 bits per heavy atom. The number of amides is 1. The Hall–Kier alpha value is -2.10. The molecule has 0 saturated heterocycles. The molecule has 1 N–H and O–H groups in total. The van der Waals surface area contributed by atoms with Crippen molar-refractivity contribution in [3.8, 4) is 0 Å². The molecule has 0 unspecified atom stereocenters. The number of carbonyl (C=O) groups excluding carboxylic acids is 1. The summed E-state index contributed by atoms with van der Waals surface area (Å²) in [6.45, 7) is 3.84. The van der Waals surface area contributed by atoms with Crippen LogP contribution in [0.25, 0.3) is 0 Å². The molecule has 0 saturated carbocycles. The first-order valence-electron chi connectivity index (χ1n) is 5.61. The van der Waals surface area contributed by atoms with E-state index in [9.17, 15) is 4.79 Å². The van der Waals surface area contributed by atoms with Crippen molar-refractivity contribution in [1.82, 2.24) is 9.55 Å². The Labute approximate surface area is 99.3 Å². The average Bonchev–Trinajstić information content (AvgIpc) is 2.50. The molecular formula is C13H13N3O. The number of benzene rings is 1. The van der Waals surface area contributed by atoms with Gasteiger partial charge in [0.15, 0.2) is 0 Å². The summed E-state index contributed by atoms with van der Waals surface area (Å²) < 4.78 is 1.66. The number of nitrogens with one attached hydrogen (secondary N) is 1. The molecule has 1 aromatic heterocycles. The molecule has 0 atom stereocenters. The van der Waals surface area contributed by atoms with Gasteiger partial charge in [-0.05, 0) is 25.5 Å². The van der Waals surface area contributed by atoms with Crippen LogP contribution >= 0.6 is 0 Å². The maximum atomic E-state index is 12.1. The molecular weight excluding hydrogens is 214 g/mol. The molecule has 0 bridgehead atoms. The quantitative estimate of drug-likeness (QED) is 0.751. The van der Waals surface area contributed by atoms with Crippen LogP contribution in [0.5, 0.6) is 0 Å². The van der Waals surface area contributed by atoms with E-state index in [1.807, 2.05) is 38.1 Å². The average molecular weight is 227 g/mol. The molecule has 3 rings (SSSR count). The molecule has 2 aromatic rings. The lowest BCUT2D eigenvalue weighted by molar-refractivity contribution is 0.252. The van der Waals surface area contributed by atoms with Crippen LogP contribution in [-0.4, -0.2) is 15.6 Å². The van der Waals surface area contributed by atoms with Crippen molar-refractivity contribution in [1.29, 1.82) is 0 Å². The number of fused-ring (bicyclic) bond motifs is 2. The summed E-state index contributed by atoms with van der Waals surface area (Å²) in [4.78, 5) is 16.6. The van der Waals surface area contributed by atoms with Crippen molar-refractivity contribution in [3.63, 3.8) is 0 Å². The van der Waals surface area contributed by atoms with Crippen LogP contribution in [0.15, 0.2) is 24.3 Å². The van der Waals surface area contributed by atoms with Crippen LogP contribution in [0.3, 0.4) is 0 Å². The fourth-order valence-electron chi connectivity index (χ4n) is 2.21. The molecule has 86 valence electrons. The van der Waals surface area contributed by atoms with Gasteiger partial charge in [0.05, 0.1) is 5.69 Å². The zero-order valence-electron chi connectivity index (χ0n) is 9.82. The number of nitrogens with zero attached hydrogens (tertiary/aromatic N) is 2. The topological polar surface area (TPSA) is 46.9 Å². The van der Waals surface area contributed by atoms with E-state index in [0.29, 0.717) is 6.42 Å². The SMILES string of the molecule is Cc1nc2n(c1C)C(=O)Nc1ccccc1C2. The minimum Gasteiger partial charge on any atom is -0.307 e. The number of aromatic nitrogens is 2. The number of imidazole rings is 1. The summed E-state index contributed by atoms with van der Waals surface area (Å²) in [5.74, 6) is 0.808. The van der Waals surface area contributed by atoms with E-state index in [1.54, 1.807) is 4.57 Å². The number of hydrogen-bond acceptors (Lipinski definition) is 2. The van der Waals surface area contributed by atoms with Crippen LogP contribution in [0.1, 0.15) is 22.8 Å². The van der Waals surface area contributed by atoms with Crippen molar-refractivity contribution >= 4 is 11.7 Å². The molecule has 1 aliphatic rings. The van der Waals surface area contributed by atoms with Gasteiger partial charge >= 0.3 is 6.03 Å². The lowest BCUT2D eigenvalue weighted by Gasteiger charge is -2.06. The lowest BCUT2D eigenvalue weighted by Crippen LogP contribution is -2.20. The smallest absolute Gasteiger partial charge is 0.307 e. The van der Waals surface area contributed by atoms with Crippen LogP contribution in [-0.2, 0) is 6.42 Å². The van der Waals surface area contributed by atoms with E-state index in [4.69, 9.17) is 0 Å². The molecule has 4 heteroatoms. The van der Waals surface area contributed by atoms with Crippen molar-refractivity contribution in [2.75, 3.05) is 5.32 Å². The highest BCUT2D eigenvalue weighted by molar-refractivity contribution is 5.93. The van der Waals surface area contributed by atoms with Gasteiger partial charge < -0.3 is 5.32 Å². The molecule has 0 spiro atoms. The van der Waals surface area contributed by atoms with Gasteiger partial charge in [0.1, 0.15) is 5.82 Å². The number of para-hydroxylation sites is 1. The minimum atomic E-state index is -0.122. The Morgan fingerprint density at radius 2 is 2.06 bits per heavy atom. The third-order valence-electron chi connectivity index (χ3n) is 3.22. The second-order valence-electron chi connectivity index (χ2n) is 4.30. The first-order chi connectivity index (χ1) is 8.16. The fourth-order valence-corrected chi connectivity index (χ4v) is 2.21. The predicted molar refractivity (Wildman–Crippen MR) is 65.4 cm³/mol. The molecule has 1 amide bonds. The third-order valence-corrected chi connectivity index (χ3v) is 3.22. The number of carbonyl (C=O) groups is 1. The summed E-state index contributed by atoms with van der Waals surface area (Å²) >= 11 is 0. The maximum Gasteiger partial charge on any atom is 0.331 e. The predicted octanol–water partition coefficient (Wildman–Crippen LogP) is 2.48. The summed E-state index contributed by atoms with van der Waals surface area (Å²) in [5.41, 5.74) is 3.80. The maximum absolute atomic E-state index is 12.1. The van der Waals surface area contributed by atoms with E-state index in [1.165, 1.54) is 0 Å². The van der Waals surface area contributed by atoms with Gasteiger partial charge in [-0.2, -0.15) is 0 Å². The standard InChI is InChI=1S/C13H13N3O/c1-8-9(2)16-12(14-8)7-10-5-3-4-6-11(10)15-13(16)17/h3-6H,7H2,1-2H3,(H,15,17). The van der Waals surface area contributed by atoms with E-state index in [-0.39, 0.29) is 6.03 Å². The Balaban J connectivity index is 2.20. The van der Waals surface area contributed by atoms with Crippen LogP contribution in [0.2, 0.25) is 0 Å².